The van der Waals surface area contributed by atoms with Gasteiger partial charge in [-0.05, 0) is 12.5 Å². The third-order valence-corrected chi connectivity index (χ3v) is 1.94. The van der Waals surface area contributed by atoms with Gasteiger partial charge in [0.25, 0.3) is 0 Å². The first-order chi connectivity index (χ1) is 7.59. The summed E-state index contributed by atoms with van der Waals surface area (Å²) >= 11 is 0. The van der Waals surface area contributed by atoms with Crippen LogP contribution < -0.4 is 5.73 Å². The molecule has 0 fully saturated rings. The molecule has 0 bridgehead atoms. The van der Waals surface area contributed by atoms with Crippen LogP contribution in [0.5, 0.6) is 0 Å². The lowest BCUT2D eigenvalue weighted by atomic mass is 10.4. The van der Waals surface area contributed by atoms with Crippen LogP contribution in [0.2, 0.25) is 0 Å². The molecule has 16 heavy (non-hydrogen) atoms. The zero-order valence-corrected chi connectivity index (χ0v) is 8.36. The predicted octanol–water partition coefficient (Wildman–Crippen LogP) is 0.461. The van der Waals surface area contributed by atoms with Gasteiger partial charge in [0, 0.05) is 6.20 Å². The van der Waals surface area contributed by atoms with Gasteiger partial charge < -0.3 is 5.73 Å². The Bertz CT molecular complexity index is 549. The highest BCUT2D eigenvalue weighted by atomic mass is 16.6. The lowest BCUT2D eigenvalue weighted by Crippen LogP contribution is -2.07. The third-order valence-electron chi connectivity index (χ3n) is 1.94. The van der Waals surface area contributed by atoms with Gasteiger partial charge in [-0.15, -0.1) is 0 Å². The van der Waals surface area contributed by atoms with Gasteiger partial charge >= 0.3 is 5.69 Å². The molecule has 2 rings (SSSR count). The molecule has 8 heteroatoms. The van der Waals surface area contributed by atoms with Crippen molar-refractivity contribution in [3.05, 3.63) is 34.4 Å². The van der Waals surface area contributed by atoms with Crippen molar-refractivity contribution in [3.63, 3.8) is 0 Å². The molecule has 0 saturated heterocycles. The zero-order valence-electron chi connectivity index (χ0n) is 8.36. The fraction of sp³-hybridized carbons (Fsp3) is 0.125. The Hall–Kier alpha value is -2.51. The van der Waals surface area contributed by atoms with E-state index >= 15 is 0 Å². The topological polar surface area (TPSA) is 113 Å². The summed E-state index contributed by atoms with van der Waals surface area (Å²) in [5.41, 5.74) is 5.96. The Morgan fingerprint density at radius 1 is 1.50 bits per heavy atom. The van der Waals surface area contributed by atoms with Gasteiger partial charge in [-0.3, -0.25) is 10.1 Å². The molecule has 82 valence electrons. The Labute approximate surface area is 89.9 Å². The zero-order chi connectivity index (χ0) is 11.7. The summed E-state index contributed by atoms with van der Waals surface area (Å²) in [5, 5.41) is 14.8. The van der Waals surface area contributed by atoms with E-state index in [4.69, 9.17) is 5.73 Å². The van der Waals surface area contributed by atoms with Crippen LogP contribution in [0, 0.1) is 17.0 Å². The fourth-order valence-corrected chi connectivity index (χ4v) is 1.25. The average Bonchev–Trinajstić information content (AvgIpc) is 2.63. The van der Waals surface area contributed by atoms with E-state index in [1.165, 1.54) is 4.68 Å². The number of nitrogens with zero attached hydrogens (tertiary/aromatic N) is 5. The van der Waals surface area contributed by atoms with E-state index in [0.717, 1.165) is 11.9 Å². The first-order valence-corrected chi connectivity index (χ1v) is 4.36. The van der Waals surface area contributed by atoms with Gasteiger partial charge in [-0.2, -0.15) is 5.10 Å². The fourth-order valence-electron chi connectivity index (χ4n) is 1.25. The lowest BCUT2D eigenvalue weighted by Gasteiger charge is -2.02. The number of hydrogen-bond acceptors (Lipinski definition) is 6. The highest BCUT2D eigenvalue weighted by molar-refractivity contribution is 5.61. The van der Waals surface area contributed by atoms with Crippen LogP contribution in [0.1, 0.15) is 5.56 Å². The van der Waals surface area contributed by atoms with Crippen molar-refractivity contribution < 1.29 is 4.92 Å². The number of nitro groups is 1. The number of aryl methyl sites for hydroxylation is 1. The van der Waals surface area contributed by atoms with E-state index in [1.54, 1.807) is 12.4 Å². The molecular weight excluding hydrogens is 212 g/mol. The molecule has 0 atom stereocenters. The third kappa shape index (κ3) is 1.56. The molecule has 2 heterocycles. The number of nitrogen functional groups attached to an aromatic ring is 1. The second-order valence-corrected chi connectivity index (χ2v) is 3.15. The largest absolute Gasteiger partial charge is 0.378 e. The maximum atomic E-state index is 10.8. The number of anilines is 1. The molecule has 0 radical (unpaired) electrons. The summed E-state index contributed by atoms with van der Waals surface area (Å²) in [6, 6.07) is 0. The molecule has 0 amide bonds. The van der Waals surface area contributed by atoms with E-state index in [-0.39, 0.29) is 17.3 Å². The molecule has 2 aromatic rings. The quantitative estimate of drug-likeness (QED) is 0.581. The van der Waals surface area contributed by atoms with Gasteiger partial charge in [-0.1, -0.05) is 0 Å². The maximum Gasteiger partial charge on any atom is 0.355 e. The first kappa shape index (κ1) is 10.0. The van der Waals surface area contributed by atoms with E-state index in [2.05, 4.69) is 15.1 Å². The molecule has 0 spiro atoms. The standard InChI is InChI=1S/C8H8N6O2/c1-5-2-12-13(3-5)8-6(14(15)16)7(9)10-4-11-8/h2-4H,1H3,(H2,9,10,11). The average molecular weight is 220 g/mol. The normalized spacial score (nSPS) is 10.3. The molecule has 8 nitrogen and oxygen atoms in total. The van der Waals surface area contributed by atoms with Crippen LogP contribution >= 0.6 is 0 Å². The van der Waals surface area contributed by atoms with Crippen LogP contribution in [0.15, 0.2) is 18.7 Å². The second kappa shape index (κ2) is 3.57. The van der Waals surface area contributed by atoms with E-state index in [0.29, 0.717) is 0 Å². The molecular formula is C8H8N6O2. The maximum absolute atomic E-state index is 10.8. The van der Waals surface area contributed by atoms with Gasteiger partial charge in [0.2, 0.25) is 11.6 Å². The van der Waals surface area contributed by atoms with Crippen molar-refractivity contribution in [3.8, 4) is 5.82 Å². The number of aromatic nitrogens is 4. The van der Waals surface area contributed by atoms with Crippen molar-refractivity contribution in [2.75, 3.05) is 5.73 Å². The first-order valence-electron chi connectivity index (χ1n) is 4.36. The molecule has 0 aliphatic carbocycles. The number of hydrogen-bond donors (Lipinski definition) is 1. The van der Waals surface area contributed by atoms with Gasteiger partial charge in [-0.25, -0.2) is 14.6 Å². The van der Waals surface area contributed by atoms with Gasteiger partial charge in [0.15, 0.2) is 0 Å². The lowest BCUT2D eigenvalue weighted by molar-refractivity contribution is -0.384. The minimum Gasteiger partial charge on any atom is -0.378 e. The second-order valence-electron chi connectivity index (χ2n) is 3.15. The van der Waals surface area contributed by atoms with Crippen molar-refractivity contribution in [1.29, 1.82) is 0 Å². The molecule has 0 aromatic carbocycles. The highest BCUT2D eigenvalue weighted by Gasteiger charge is 2.22. The van der Waals surface area contributed by atoms with Crippen LogP contribution in [-0.4, -0.2) is 24.7 Å². The minimum absolute atomic E-state index is 0.0607. The molecule has 0 aliphatic heterocycles. The Kier molecular flexibility index (Phi) is 2.24. The van der Waals surface area contributed by atoms with Crippen LogP contribution in [0.25, 0.3) is 5.82 Å². The smallest absolute Gasteiger partial charge is 0.355 e. The van der Waals surface area contributed by atoms with Crippen molar-refractivity contribution in [1.82, 2.24) is 19.7 Å². The minimum atomic E-state index is -0.623. The summed E-state index contributed by atoms with van der Waals surface area (Å²) in [6.07, 6.45) is 4.35. The molecule has 0 unspecified atom stereocenters. The summed E-state index contributed by atoms with van der Waals surface area (Å²) in [5.74, 6) is -0.117. The molecule has 0 aliphatic rings. The predicted molar refractivity (Wildman–Crippen MR) is 55.0 cm³/mol. The highest BCUT2D eigenvalue weighted by Crippen LogP contribution is 2.24. The molecule has 0 saturated carbocycles. The number of nitrogens with two attached hydrogens (primary N) is 1. The van der Waals surface area contributed by atoms with E-state index < -0.39 is 4.92 Å². The summed E-state index contributed by atoms with van der Waals surface area (Å²) in [7, 11) is 0. The van der Waals surface area contributed by atoms with Gasteiger partial charge in [0.1, 0.15) is 6.33 Å². The van der Waals surface area contributed by atoms with E-state index in [9.17, 15) is 10.1 Å². The van der Waals surface area contributed by atoms with Crippen LogP contribution in [-0.2, 0) is 0 Å². The SMILES string of the molecule is Cc1cnn(-c2ncnc(N)c2[N+](=O)[O-])c1. The van der Waals surface area contributed by atoms with Crippen molar-refractivity contribution >= 4 is 11.5 Å². The molecule has 2 N–H and O–H groups in total. The van der Waals surface area contributed by atoms with Crippen LogP contribution in [0.4, 0.5) is 11.5 Å². The van der Waals surface area contributed by atoms with Gasteiger partial charge in [0.05, 0.1) is 11.1 Å². The number of rotatable bonds is 2. The van der Waals surface area contributed by atoms with Crippen molar-refractivity contribution in [2.45, 2.75) is 6.92 Å². The Morgan fingerprint density at radius 3 is 2.81 bits per heavy atom. The summed E-state index contributed by atoms with van der Waals surface area (Å²) < 4.78 is 1.30. The van der Waals surface area contributed by atoms with Crippen LogP contribution in [0.3, 0.4) is 0 Å². The summed E-state index contributed by atoms with van der Waals surface area (Å²) in [6.45, 7) is 1.82. The summed E-state index contributed by atoms with van der Waals surface area (Å²) in [4.78, 5) is 17.6. The molecule has 2 aromatic heterocycles. The Morgan fingerprint density at radius 2 is 2.25 bits per heavy atom. The van der Waals surface area contributed by atoms with E-state index in [1.807, 2.05) is 6.92 Å². The Balaban J connectivity index is 2.65. The van der Waals surface area contributed by atoms with Crippen molar-refractivity contribution in [2.24, 2.45) is 0 Å². The monoisotopic (exact) mass is 220 g/mol.